The largest absolute Gasteiger partial charge is 0.487 e. The topological polar surface area (TPSA) is 119 Å². The third kappa shape index (κ3) is 3.47. The van der Waals surface area contributed by atoms with Crippen LogP contribution in [0.1, 0.15) is 24.8 Å². The number of carboxylic acid groups (broad SMARTS) is 1. The van der Waals surface area contributed by atoms with Crippen LogP contribution in [0.25, 0.3) is 11.6 Å². The summed E-state index contributed by atoms with van der Waals surface area (Å²) in [6, 6.07) is 7.56. The van der Waals surface area contributed by atoms with Crippen molar-refractivity contribution in [1.29, 1.82) is 0 Å². The smallest absolute Gasteiger partial charge is 0.327 e. The molecule has 0 atom stereocenters. The van der Waals surface area contributed by atoms with Gasteiger partial charge >= 0.3 is 5.97 Å². The number of tetrazole rings is 1. The van der Waals surface area contributed by atoms with E-state index in [1.807, 2.05) is 18.2 Å². The molecule has 156 valence electrons. The molecule has 0 unspecified atom stereocenters. The lowest BCUT2D eigenvalue weighted by molar-refractivity contribution is -0.138. The number of piperidine rings is 1. The molecule has 0 amide bonds. The zero-order valence-corrected chi connectivity index (χ0v) is 16.7. The number of benzene rings is 1. The Hall–Kier alpha value is -3.14. The van der Waals surface area contributed by atoms with Gasteiger partial charge in [0.25, 0.3) is 0 Å². The molecule has 1 saturated heterocycles. The van der Waals surface area contributed by atoms with E-state index >= 15 is 0 Å². The third-order valence-corrected chi connectivity index (χ3v) is 6.03. The van der Waals surface area contributed by atoms with Crippen LogP contribution in [-0.2, 0) is 17.8 Å². The van der Waals surface area contributed by atoms with E-state index in [1.54, 1.807) is 6.07 Å². The monoisotopic (exact) mass is 430 g/mol. The summed E-state index contributed by atoms with van der Waals surface area (Å²) >= 11 is 6.30. The molecular weight excluding hydrogens is 412 g/mol. The van der Waals surface area contributed by atoms with Crippen molar-refractivity contribution in [2.24, 2.45) is 0 Å². The van der Waals surface area contributed by atoms with Crippen LogP contribution >= 0.6 is 11.6 Å². The van der Waals surface area contributed by atoms with Crippen molar-refractivity contribution in [1.82, 2.24) is 25.4 Å². The molecule has 10 nitrogen and oxygen atoms in total. The molecule has 11 heteroatoms. The Morgan fingerprint density at radius 1 is 1.27 bits per heavy atom. The van der Waals surface area contributed by atoms with E-state index in [9.17, 15) is 4.79 Å². The van der Waals surface area contributed by atoms with Crippen LogP contribution in [0.4, 0.5) is 5.82 Å². The minimum atomic E-state index is -1.05. The van der Waals surface area contributed by atoms with Crippen LogP contribution in [0, 0.1) is 0 Å². The molecule has 30 heavy (non-hydrogen) atoms. The second kappa shape index (κ2) is 7.28. The second-order valence-electron chi connectivity index (χ2n) is 7.58. The predicted octanol–water partition coefficient (Wildman–Crippen LogP) is 2.43. The fraction of sp³-hybridized carbons (Fsp3) is 0.421. The number of aromatic nitrogens is 5. The minimum absolute atomic E-state index is 0.179. The van der Waals surface area contributed by atoms with Gasteiger partial charge in [0.05, 0.1) is 0 Å². The number of ether oxygens (including phenoxy) is 1. The van der Waals surface area contributed by atoms with E-state index in [1.165, 1.54) is 0 Å². The van der Waals surface area contributed by atoms with Crippen LogP contribution in [0.5, 0.6) is 5.75 Å². The lowest BCUT2D eigenvalue weighted by Crippen LogP contribution is -2.50. The summed E-state index contributed by atoms with van der Waals surface area (Å²) in [5, 5.41) is 25.2. The fourth-order valence-electron chi connectivity index (χ4n) is 4.06. The lowest BCUT2D eigenvalue weighted by atomic mass is 9.83. The van der Waals surface area contributed by atoms with Crippen molar-refractivity contribution in [2.45, 2.75) is 37.8 Å². The molecule has 1 N–H and O–H groups in total. The first-order chi connectivity index (χ1) is 14.5. The van der Waals surface area contributed by atoms with Gasteiger partial charge in [-0.2, -0.15) is 4.80 Å². The molecular formula is C19H19ClN6O4. The van der Waals surface area contributed by atoms with Gasteiger partial charge in [0.15, 0.2) is 12.4 Å². The van der Waals surface area contributed by atoms with E-state index in [0.717, 1.165) is 59.9 Å². The first-order valence-electron chi connectivity index (χ1n) is 9.69. The number of carbonyl (C=O) groups is 1. The number of aliphatic carboxylic acids is 1. The molecule has 0 radical (unpaired) electrons. The highest BCUT2D eigenvalue weighted by atomic mass is 35.5. The lowest BCUT2D eigenvalue weighted by Gasteiger charge is -2.44. The molecule has 1 aromatic carbocycles. The highest BCUT2D eigenvalue weighted by Crippen LogP contribution is 2.42. The average Bonchev–Trinajstić information content (AvgIpc) is 3.38. The predicted molar refractivity (Wildman–Crippen MR) is 106 cm³/mol. The standard InChI is InChI=1S/C19H19ClN6O4/c20-13-2-1-3-14-12(13)4-5-19(29-14)6-8-25(9-7-19)16-10-15(30-23-16)18-21-24-26(22-18)11-17(27)28/h1-3,10H,4-9,11H2,(H,27,28). The van der Waals surface area contributed by atoms with Gasteiger partial charge in [-0.05, 0) is 30.2 Å². The Morgan fingerprint density at radius 2 is 2.10 bits per heavy atom. The summed E-state index contributed by atoms with van der Waals surface area (Å²) in [6.07, 6.45) is 3.60. The molecule has 0 aliphatic carbocycles. The minimum Gasteiger partial charge on any atom is -0.487 e. The zero-order valence-electron chi connectivity index (χ0n) is 16.0. The normalized spacial score (nSPS) is 17.6. The third-order valence-electron chi connectivity index (χ3n) is 5.68. The van der Waals surface area contributed by atoms with Crippen LogP contribution < -0.4 is 9.64 Å². The summed E-state index contributed by atoms with van der Waals surface area (Å²) < 4.78 is 11.8. The van der Waals surface area contributed by atoms with Gasteiger partial charge in [0.1, 0.15) is 11.4 Å². The number of fused-ring (bicyclic) bond motifs is 1. The maximum absolute atomic E-state index is 10.8. The van der Waals surface area contributed by atoms with Gasteiger partial charge in [-0.25, -0.2) is 0 Å². The number of hydrogen-bond acceptors (Lipinski definition) is 8. The van der Waals surface area contributed by atoms with Gasteiger partial charge < -0.3 is 19.3 Å². The van der Waals surface area contributed by atoms with Crippen molar-refractivity contribution < 1.29 is 19.2 Å². The van der Waals surface area contributed by atoms with Crippen LogP contribution in [0.2, 0.25) is 5.02 Å². The number of carboxylic acids is 1. The summed E-state index contributed by atoms with van der Waals surface area (Å²) in [4.78, 5) is 13.9. The molecule has 0 saturated carbocycles. The number of hydrogen-bond donors (Lipinski definition) is 1. The first-order valence-corrected chi connectivity index (χ1v) is 10.1. The van der Waals surface area contributed by atoms with Gasteiger partial charge in [-0.15, -0.1) is 10.2 Å². The molecule has 2 aliphatic rings. The van der Waals surface area contributed by atoms with Crippen LogP contribution in [0.15, 0.2) is 28.8 Å². The van der Waals surface area contributed by atoms with Crippen molar-refractivity contribution >= 4 is 23.4 Å². The maximum atomic E-state index is 10.8. The van der Waals surface area contributed by atoms with Crippen LogP contribution in [0.3, 0.4) is 0 Å². The highest BCUT2D eigenvalue weighted by molar-refractivity contribution is 6.31. The Balaban J connectivity index is 1.25. The average molecular weight is 431 g/mol. The van der Waals surface area contributed by atoms with Gasteiger partial charge in [-0.1, -0.05) is 22.8 Å². The molecule has 0 bridgehead atoms. The second-order valence-corrected chi connectivity index (χ2v) is 7.98. The Labute approximate surface area is 176 Å². The molecule has 2 aromatic heterocycles. The molecule has 1 fully saturated rings. The zero-order chi connectivity index (χ0) is 20.7. The Kier molecular flexibility index (Phi) is 4.58. The number of halogens is 1. The quantitative estimate of drug-likeness (QED) is 0.665. The molecule has 5 rings (SSSR count). The van der Waals surface area contributed by atoms with Gasteiger partial charge in [0, 0.05) is 42.6 Å². The van der Waals surface area contributed by atoms with E-state index < -0.39 is 5.97 Å². The van der Waals surface area contributed by atoms with E-state index in [0.29, 0.717) is 11.6 Å². The molecule has 3 aromatic rings. The number of anilines is 1. The summed E-state index contributed by atoms with van der Waals surface area (Å²) in [6.45, 7) is 1.19. The SMILES string of the molecule is O=C(O)Cn1nnc(-c2cc(N3CCC4(CCc5c(Cl)cccc5O4)CC3)no2)n1. The Morgan fingerprint density at radius 3 is 2.90 bits per heavy atom. The summed E-state index contributed by atoms with van der Waals surface area (Å²) in [5.74, 6) is 1.08. The van der Waals surface area contributed by atoms with E-state index in [2.05, 4.69) is 25.5 Å². The number of rotatable bonds is 4. The Bertz CT molecular complexity index is 1090. The molecule has 2 aliphatic heterocycles. The van der Waals surface area contributed by atoms with E-state index in [4.69, 9.17) is 26.0 Å². The maximum Gasteiger partial charge on any atom is 0.327 e. The molecule has 4 heterocycles. The van der Waals surface area contributed by atoms with Crippen molar-refractivity contribution in [2.75, 3.05) is 18.0 Å². The highest BCUT2D eigenvalue weighted by Gasteiger charge is 2.40. The van der Waals surface area contributed by atoms with Crippen molar-refractivity contribution in [3.63, 3.8) is 0 Å². The first kappa shape index (κ1) is 18.9. The van der Waals surface area contributed by atoms with Crippen molar-refractivity contribution in [3.05, 3.63) is 34.9 Å². The van der Waals surface area contributed by atoms with Crippen LogP contribution in [-0.4, -0.2) is 55.1 Å². The summed E-state index contributed by atoms with van der Waals surface area (Å²) in [7, 11) is 0. The van der Waals surface area contributed by atoms with Crippen molar-refractivity contribution in [3.8, 4) is 17.3 Å². The summed E-state index contributed by atoms with van der Waals surface area (Å²) in [5.41, 5.74) is 0.916. The fourth-order valence-corrected chi connectivity index (χ4v) is 4.32. The van der Waals surface area contributed by atoms with E-state index in [-0.39, 0.29) is 18.0 Å². The van der Waals surface area contributed by atoms with Gasteiger partial charge in [0.2, 0.25) is 11.6 Å². The molecule has 1 spiro atoms. The number of nitrogens with zero attached hydrogens (tertiary/aromatic N) is 6. The van der Waals surface area contributed by atoms with Gasteiger partial charge in [-0.3, -0.25) is 4.79 Å².